The number of hydrogen-bond donors (Lipinski definition) is 2. The molecule has 26 heavy (non-hydrogen) atoms. The number of ether oxygens (including phenoxy) is 2. The summed E-state index contributed by atoms with van der Waals surface area (Å²) in [6.07, 6.45) is -1.21. The van der Waals surface area contributed by atoms with Crippen LogP contribution in [0.25, 0.3) is 11.2 Å². The Kier molecular flexibility index (Phi) is 5.37. The summed E-state index contributed by atoms with van der Waals surface area (Å²) in [5, 5.41) is 32.3. The van der Waals surface area contributed by atoms with Gasteiger partial charge in [0.1, 0.15) is 17.7 Å². The van der Waals surface area contributed by atoms with Gasteiger partial charge in [-0.2, -0.15) is 0 Å². The van der Waals surface area contributed by atoms with Crippen LogP contribution >= 0.6 is 22.6 Å². The van der Waals surface area contributed by atoms with Crippen molar-refractivity contribution in [3.05, 3.63) is 18.6 Å². The first-order chi connectivity index (χ1) is 12.2. The van der Waals surface area contributed by atoms with Gasteiger partial charge in [-0.05, 0) is 6.07 Å². The average Bonchev–Trinajstić information content (AvgIpc) is 3.09. The zero-order valence-corrected chi connectivity index (χ0v) is 16.7. The van der Waals surface area contributed by atoms with Crippen LogP contribution in [0.1, 0.15) is 27.0 Å². The molecule has 0 bridgehead atoms. The van der Waals surface area contributed by atoms with Gasteiger partial charge >= 0.3 is 0 Å². The minimum atomic E-state index is -1.11. The molecule has 3 rings (SSSR count). The summed E-state index contributed by atoms with van der Waals surface area (Å²) in [6, 6.07) is 1.55. The Labute approximate surface area is 163 Å². The molecule has 0 unspecified atom stereocenters. The topological polar surface area (TPSA) is 125 Å². The van der Waals surface area contributed by atoms with E-state index in [1.807, 2.05) is 0 Å². The quantitative estimate of drug-likeness (QED) is 0.289. The highest BCUT2D eigenvalue weighted by Crippen LogP contribution is 2.33. The predicted octanol–water partition coefficient (Wildman–Crippen LogP) is 0.648. The van der Waals surface area contributed by atoms with Gasteiger partial charge in [-0.25, -0.2) is 15.0 Å². The molecule has 0 saturated carbocycles. The smallest absolute Gasteiger partial charge is 0.165 e. The average molecular weight is 475 g/mol. The van der Waals surface area contributed by atoms with Crippen LogP contribution in [0.15, 0.2) is 23.6 Å². The lowest BCUT2D eigenvalue weighted by Crippen LogP contribution is -2.32. The number of hydrogen-bond acceptors (Lipinski definition) is 8. The summed E-state index contributed by atoms with van der Waals surface area (Å²) in [7, 11) is 0. The fourth-order valence-electron chi connectivity index (χ4n) is 2.67. The van der Waals surface area contributed by atoms with Crippen LogP contribution in [0.3, 0.4) is 0 Å². The van der Waals surface area contributed by atoms with E-state index in [0.29, 0.717) is 21.3 Å². The van der Waals surface area contributed by atoms with Crippen LogP contribution in [0.4, 0.5) is 5.69 Å². The number of pyridine rings is 1. The minimum Gasteiger partial charge on any atom is -0.594 e. The normalized spacial score (nSPS) is 27.2. The highest BCUT2D eigenvalue weighted by atomic mass is 127. The van der Waals surface area contributed by atoms with Gasteiger partial charge in [0, 0.05) is 16.2 Å². The number of rotatable bonds is 3. The van der Waals surface area contributed by atoms with Gasteiger partial charge in [0.2, 0.25) is 0 Å². The number of alkyl halides is 1. The van der Waals surface area contributed by atoms with Crippen molar-refractivity contribution in [2.45, 2.75) is 50.9 Å². The summed E-state index contributed by atoms with van der Waals surface area (Å²) >= 11 is 2.09. The molecule has 4 atom stereocenters. The first-order valence-electron chi connectivity index (χ1n) is 8.05. The maximum atomic E-state index is 12.0. The molecule has 0 spiro atoms. The molecule has 1 aliphatic rings. The van der Waals surface area contributed by atoms with E-state index in [1.165, 1.54) is 17.1 Å². The van der Waals surface area contributed by atoms with E-state index in [9.17, 15) is 15.3 Å². The Morgan fingerprint density at radius 1 is 1.38 bits per heavy atom. The monoisotopic (exact) mass is 475 g/mol. The summed E-state index contributed by atoms with van der Waals surface area (Å²) in [6.45, 7) is 5.26. The van der Waals surface area contributed by atoms with Gasteiger partial charge in [0.15, 0.2) is 18.0 Å². The Balaban J connectivity index is 1.96. The molecular formula is C16H20IN4O5-. The van der Waals surface area contributed by atoms with Crippen molar-refractivity contribution in [2.75, 3.05) is 4.43 Å². The first kappa shape index (κ1) is 19.3. The van der Waals surface area contributed by atoms with Gasteiger partial charge in [-0.1, -0.05) is 43.4 Å². The molecule has 1 saturated heterocycles. The van der Waals surface area contributed by atoms with Crippen molar-refractivity contribution in [1.29, 1.82) is 0 Å². The first-order valence-corrected chi connectivity index (χ1v) is 9.57. The van der Waals surface area contributed by atoms with Crippen LogP contribution in [0.2, 0.25) is 0 Å². The summed E-state index contributed by atoms with van der Waals surface area (Å²) < 4.78 is 13.0. The molecule has 2 N–H and O–H groups in total. The number of aromatic nitrogens is 3. The van der Waals surface area contributed by atoms with Crippen molar-refractivity contribution in [1.82, 2.24) is 14.5 Å². The Morgan fingerprint density at radius 2 is 2.12 bits per heavy atom. The maximum Gasteiger partial charge on any atom is 0.165 e. The molecule has 0 aliphatic carbocycles. The largest absolute Gasteiger partial charge is 0.594 e. The third kappa shape index (κ3) is 3.77. The zero-order chi connectivity index (χ0) is 19.1. The number of imidazole rings is 1. The number of fused-ring (bicyclic) bond motifs is 1. The molecule has 0 radical (unpaired) electrons. The molecule has 0 aromatic carbocycles. The molecule has 2 aromatic heterocycles. The Bertz CT molecular complexity index is 819. The van der Waals surface area contributed by atoms with Gasteiger partial charge < -0.3 is 24.8 Å². The zero-order valence-electron chi connectivity index (χ0n) is 14.5. The Morgan fingerprint density at radius 3 is 2.73 bits per heavy atom. The highest BCUT2D eigenvalue weighted by Gasteiger charge is 2.43. The van der Waals surface area contributed by atoms with E-state index in [0.717, 1.165) is 0 Å². The van der Waals surface area contributed by atoms with Crippen LogP contribution in [-0.2, 0) is 9.47 Å². The predicted molar refractivity (Wildman–Crippen MR) is 100 cm³/mol. The van der Waals surface area contributed by atoms with E-state index in [4.69, 9.17) is 9.47 Å². The lowest BCUT2D eigenvalue weighted by atomic mass is 10.1. The second kappa shape index (κ2) is 7.25. The highest BCUT2D eigenvalue weighted by molar-refractivity contribution is 14.1. The molecule has 2 aromatic rings. The summed E-state index contributed by atoms with van der Waals surface area (Å²) in [5.41, 5.74) is 0.418. The lowest BCUT2D eigenvalue weighted by molar-refractivity contribution is -0.259. The van der Waals surface area contributed by atoms with Crippen LogP contribution < -0.4 is 5.11 Å². The van der Waals surface area contributed by atoms with Crippen molar-refractivity contribution >= 4 is 45.5 Å². The van der Waals surface area contributed by atoms with Crippen molar-refractivity contribution in [3.8, 4) is 0 Å². The van der Waals surface area contributed by atoms with Crippen molar-refractivity contribution < 1.29 is 24.8 Å². The van der Waals surface area contributed by atoms with Gasteiger partial charge in [-0.3, -0.25) is 4.57 Å². The molecule has 1 fully saturated rings. The van der Waals surface area contributed by atoms with E-state index in [2.05, 4.69) is 37.6 Å². The number of nitrogens with zero attached hydrogens (tertiary/aromatic N) is 4. The van der Waals surface area contributed by atoms with E-state index in [-0.39, 0.29) is 0 Å². The van der Waals surface area contributed by atoms with Crippen molar-refractivity contribution in [3.63, 3.8) is 0 Å². The fraction of sp³-hybridized carbons (Fsp3) is 0.562. The SMILES string of the molecule is CC(C)(C)OC([O-])=Nc1ccnc2c1ncn2[C@@H]1O[C@H](CI)[C@@H](O)[C@H]1O. The minimum absolute atomic E-state index is 0.307. The maximum absolute atomic E-state index is 12.0. The number of aliphatic hydroxyl groups is 2. The standard InChI is InChI=1S/C16H21IN4O5/c1-16(2,3)26-15(24)20-8-4-5-18-13-10(8)19-7-21(13)14-12(23)11(22)9(6-17)25-14/h4-5,7,9,11-12,14,22-23H,6H2,1-3H3,(H,18,20,24)/p-1/t9-,11-,12-,14-/m1/s1. The summed E-state index contributed by atoms with van der Waals surface area (Å²) in [4.78, 5) is 12.4. The van der Waals surface area contributed by atoms with Gasteiger partial charge in [0.05, 0.1) is 18.1 Å². The van der Waals surface area contributed by atoms with E-state index < -0.39 is 36.2 Å². The second-order valence-electron chi connectivity index (χ2n) is 6.95. The molecule has 142 valence electrons. The van der Waals surface area contributed by atoms with Crippen molar-refractivity contribution in [2.24, 2.45) is 4.99 Å². The Hall–Kier alpha value is -1.50. The second-order valence-corrected chi connectivity index (χ2v) is 7.83. The molecule has 0 amide bonds. The molecular weight excluding hydrogens is 455 g/mol. The van der Waals surface area contributed by atoms with E-state index in [1.54, 1.807) is 26.8 Å². The van der Waals surface area contributed by atoms with Crippen LogP contribution in [0, 0.1) is 0 Å². The molecule has 3 heterocycles. The number of halogens is 1. The molecule has 1 aliphatic heterocycles. The molecule has 10 heteroatoms. The molecule has 9 nitrogen and oxygen atoms in total. The lowest BCUT2D eigenvalue weighted by Gasteiger charge is -2.29. The third-order valence-electron chi connectivity index (χ3n) is 3.81. The van der Waals surface area contributed by atoms with Gasteiger partial charge in [-0.15, -0.1) is 0 Å². The number of aliphatic hydroxyl groups excluding tert-OH is 2. The third-order valence-corrected chi connectivity index (χ3v) is 4.68. The summed E-state index contributed by atoms with van der Waals surface area (Å²) in [5.74, 6) is 0. The van der Waals surface area contributed by atoms with Crippen LogP contribution in [-0.4, -0.2) is 59.2 Å². The van der Waals surface area contributed by atoms with E-state index >= 15 is 0 Å². The fourth-order valence-corrected chi connectivity index (χ4v) is 3.40. The van der Waals surface area contributed by atoms with Crippen LogP contribution in [0.5, 0.6) is 0 Å². The number of aliphatic imine (C=N–C) groups is 1. The van der Waals surface area contributed by atoms with Gasteiger partial charge in [0.25, 0.3) is 0 Å².